The topological polar surface area (TPSA) is 50.8 Å². The van der Waals surface area contributed by atoms with Crippen LogP contribution in [0.3, 0.4) is 0 Å². The lowest BCUT2D eigenvalue weighted by atomic mass is 9.78. The number of carbonyl (C=O) groups excluding carboxylic acids is 1. The van der Waals surface area contributed by atoms with Gasteiger partial charge in [-0.1, -0.05) is 0 Å². The molecule has 0 aromatic carbocycles. The SMILES string of the molecule is COCC1(C(=O)N(C)C2CCOCC2)CCNCC1. The monoisotopic (exact) mass is 270 g/mol. The van der Waals surface area contributed by atoms with Crippen LogP contribution in [0.4, 0.5) is 0 Å². The van der Waals surface area contributed by atoms with Gasteiger partial charge in [0.15, 0.2) is 0 Å². The molecule has 2 saturated heterocycles. The van der Waals surface area contributed by atoms with Crippen molar-refractivity contribution in [2.75, 3.05) is 47.1 Å². The zero-order chi connectivity index (χ0) is 13.7. The Bertz CT molecular complexity index is 292. The van der Waals surface area contributed by atoms with Gasteiger partial charge < -0.3 is 19.7 Å². The number of nitrogens with one attached hydrogen (secondary N) is 1. The predicted octanol–water partition coefficient (Wildman–Crippen LogP) is 0.640. The van der Waals surface area contributed by atoms with Gasteiger partial charge in [0.05, 0.1) is 12.0 Å². The van der Waals surface area contributed by atoms with Crippen molar-refractivity contribution < 1.29 is 14.3 Å². The van der Waals surface area contributed by atoms with Crippen molar-refractivity contribution in [3.8, 4) is 0 Å². The van der Waals surface area contributed by atoms with Crippen molar-refractivity contribution in [1.29, 1.82) is 0 Å². The Labute approximate surface area is 115 Å². The van der Waals surface area contributed by atoms with E-state index < -0.39 is 0 Å². The van der Waals surface area contributed by atoms with Crippen LogP contribution in [0.2, 0.25) is 0 Å². The van der Waals surface area contributed by atoms with Crippen LogP contribution < -0.4 is 5.32 Å². The Morgan fingerprint density at radius 2 is 2.00 bits per heavy atom. The van der Waals surface area contributed by atoms with Crippen LogP contribution in [0.1, 0.15) is 25.7 Å². The van der Waals surface area contributed by atoms with Crippen molar-refractivity contribution in [2.45, 2.75) is 31.7 Å². The molecule has 2 aliphatic rings. The zero-order valence-electron chi connectivity index (χ0n) is 12.1. The number of ether oxygens (including phenoxy) is 2. The molecular weight excluding hydrogens is 244 g/mol. The number of piperidine rings is 1. The highest BCUT2D eigenvalue weighted by Crippen LogP contribution is 2.32. The second kappa shape index (κ2) is 6.68. The number of carbonyl (C=O) groups is 1. The number of amides is 1. The highest BCUT2D eigenvalue weighted by atomic mass is 16.5. The summed E-state index contributed by atoms with van der Waals surface area (Å²) >= 11 is 0. The van der Waals surface area contributed by atoms with Gasteiger partial charge in [-0.15, -0.1) is 0 Å². The number of rotatable bonds is 4. The molecule has 0 spiro atoms. The van der Waals surface area contributed by atoms with Gasteiger partial charge in [-0.3, -0.25) is 4.79 Å². The molecule has 0 radical (unpaired) electrons. The van der Waals surface area contributed by atoms with Gasteiger partial charge in [0.25, 0.3) is 0 Å². The van der Waals surface area contributed by atoms with Crippen molar-refractivity contribution in [1.82, 2.24) is 10.2 Å². The molecule has 0 bridgehead atoms. The van der Waals surface area contributed by atoms with Gasteiger partial charge in [0, 0.05) is 33.4 Å². The minimum absolute atomic E-state index is 0.253. The van der Waals surface area contributed by atoms with E-state index in [1.54, 1.807) is 7.11 Å². The summed E-state index contributed by atoms with van der Waals surface area (Å²) in [7, 11) is 3.63. The number of hydrogen-bond donors (Lipinski definition) is 1. The van der Waals surface area contributed by atoms with Gasteiger partial charge in [-0.25, -0.2) is 0 Å². The second-order valence-electron chi connectivity index (χ2n) is 5.72. The Morgan fingerprint density at radius 1 is 1.37 bits per heavy atom. The van der Waals surface area contributed by atoms with Crippen LogP contribution in [-0.4, -0.2) is 63.9 Å². The molecule has 5 heteroatoms. The average molecular weight is 270 g/mol. The first-order valence-corrected chi connectivity index (χ1v) is 7.24. The summed E-state index contributed by atoms with van der Waals surface area (Å²) in [6, 6.07) is 0.324. The second-order valence-corrected chi connectivity index (χ2v) is 5.72. The smallest absolute Gasteiger partial charge is 0.231 e. The number of nitrogens with zero attached hydrogens (tertiary/aromatic N) is 1. The largest absolute Gasteiger partial charge is 0.384 e. The first-order valence-electron chi connectivity index (χ1n) is 7.24. The molecule has 2 fully saturated rings. The highest BCUT2D eigenvalue weighted by molar-refractivity contribution is 5.83. The average Bonchev–Trinajstić information content (AvgIpc) is 2.48. The molecular formula is C14H26N2O3. The molecule has 5 nitrogen and oxygen atoms in total. The van der Waals surface area contributed by atoms with E-state index in [2.05, 4.69) is 5.32 Å². The molecule has 0 aromatic rings. The molecule has 2 rings (SSSR count). The maximum absolute atomic E-state index is 12.9. The van der Waals surface area contributed by atoms with Gasteiger partial charge in [-0.2, -0.15) is 0 Å². The van der Waals surface area contributed by atoms with E-state index in [0.717, 1.165) is 52.0 Å². The third-order valence-corrected chi connectivity index (χ3v) is 4.49. The minimum atomic E-state index is -0.326. The Hall–Kier alpha value is -0.650. The lowest BCUT2D eigenvalue weighted by molar-refractivity contribution is -0.150. The van der Waals surface area contributed by atoms with E-state index in [1.807, 2.05) is 11.9 Å². The molecule has 0 aromatic heterocycles. The highest BCUT2D eigenvalue weighted by Gasteiger charge is 2.42. The van der Waals surface area contributed by atoms with E-state index in [0.29, 0.717) is 12.6 Å². The van der Waals surface area contributed by atoms with Crippen LogP contribution in [0, 0.1) is 5.41 Å². The molecule has 0 aliphatic carbocycles. The first-order chi connectivity index (χ1) is 9.19. The summed E-state index contributed by atoms with van der Waals surface area (Å²) in [6.07, 6.45) is 3.63. The van der Waals surface area contributed by atoms with Crippen molar-refractivity contribution in [2.24, 2.45) is 5.41 Å². The molecule has 1 N–H and O–H groups in total. The Morgan fingerprint density at radius 3 is 2.58 bits per heavy atom. The van der Waals surface area contributed by atoms with Gasteiger partial charge >= 0.3 is 0 Å². The molecule has 19 heavy (non-hydrogen) atoms. The van der Waals surface area contributed by atoms with E-state index in [1.165, 1.54) is 0 Å². The quantitative estimate of drug-likeness (QED) is 0.814. The normalized spacial score (nSPS) is 24.1. The van der Waals surface area contributed by atoms with Crippen molar-refractivity contribution in [3.05, 3.63) is 0 Å². The standard InChI is InChI=1S/C14H26N2O3/c1-16(12-3-9-19-10-4-12)13(17)14(11-18-2)5-7-15-8-6-14/h12,15H,3-11H2,1-2H3. The molecule has 110 valence electrons. The van der Waals surface area contributed by atoms with E-state index in [9.17, 15) is 4.79 Å². The minimum Gasteiger partial charge on any atom is -0.384 e. The number of methoxy groups -OCH3 is 1. The molecule has 0 saturated carbocycles. The maximum atomic E-state index is 12.9. The fourth-order valence-corrected chi connectivity index (χ4v) is 3.21. The van der Waals surface area contributed by atoms with Crippen molar-refractivity contribution in [3.63, 3.8) is 0 Å². The third-order valence-electron chi connectivity index (χ3n) is 4.49. The summed E-state index contributed by atoms with van der Waals surface area (Å²) < 4.78 is 10.7. The molecule has 2 heterocycles. The Balaban J connectivity index is 2.05. The molecule has 2 aliphatic heterocycles. The lowest BCUT2D eigenvalue weighted by Crippen LogP contribution is -2.53. The molecule has 0 atom stereocenters. The van der Waals surface area contributed by atoms with E-state index in [-0.39, 0.29) is 11.3 Å². The fourth-order valence-electron chi connectivity index (χ4n) is 3.21. The van der Waals surface area contributed by atoms with Crippen LogP contribution >= 0.6 is 0 Å². The fraction of sp³-hybridized carbons (Fsp3) is 0.929. The lowest BCUT2D eigenvalue weighted by Gasteiger charge is -2.41. The summed E-state index contributed by atoms with van der Waals surface area (Å²) in [6.45, 7) is 3.86. The van der Waals surface area contributed by atoms with Crippen LogP contribution in [0.5, 0.6) is 0 Å². The maximum Gasteiger partial charge on any atom is 0.231 e. The van der Waals surface area contributed by atoms with Crippen molar-refractivity contribution >= 4 is 5.91 Å². The summed E-state index contributed by atoms with van der Waals surface area (Å²) in [4.78, 5) is 14.8. The van der Waals surface area contributed by atoms with Gasteiger partial charge in [0.2, 0.25) is 5.91 Å². The third kappa shape index (κ3) is 3.27. The van der Waals surface area contributed by atoms with Crippen LogP contribution in [0.15, 0.2) is 0 Å². The van der Waals surface area contributed by atoms with E-state index in [4.69, 9.17) is 9.47 Å². The van der Waals surface area contributed by atoms with E-state index >= 15 is 0 Å². The molecule has 1 amide bonds. The zero-order valence-corrected chi connectivity index (χ0v) is 12.1. The van der Waals surface area contributed by atoms with Gasteiger partial charge in [0.1, 0.15) is 0 Å². The summed E-state index contributed by atoms with van der Waals surface area (Å²) in [5.74, 6) is 0.253. The first kappa shape index (κ1) is 14.8. The Kier molecular flexibility index (Phi) is 5.19. The summed E-state index contributed by atoms with van der Waals surface area (Å²) in [5.41, 5.74) is -0.326. The summed E-state index contributed by atoms with van der Waals surface area (Å²) in [5, 5.41) is 3.32. The number of hydrogen-bond acceptors (Lipinski definition) is 4. The van der Waals surface area contributed by atoms with Crippen LogP contribution in [0.25, 0.3) is 0 Å². The van der Waals surface area contributed by atoms with Crippen LogP contribution in [-0.2, 0) is 14.3 Å². The predicted molar refractivity (Wildman–Crippen MR) is 73.0 cm³/mol. The van der Waals surface area contributed by atoms with Gasteiger partial charge in [-0.05, 0) is 38.8 Å². The molecule has 0 unspecified atom stereocenters.